The minimum Gasteiger partial charge on any atom is -0.507 e. The molecular weight excluding hydrogens is 454 g/mol. The number of phenols is 1. The first-order valence-electron chi connectivity index (χ1n) is 11.0. The number of carbonyl (C=O) groups excluding carboxylic acids is 1. The van der Waals surface area contributed by atoms with Crippen molar-refractivity contribution < 1.29 is 23.4 Å². The maximum atomic E-state index is 13.2. The van der Waals surface area contributed by atoms with Crippen LogP contribution in [0.3, 0.4) is 0 Å². The van der Waals surface area contributed by atoms with Gasteiger partial charge in [0.15, 0.2) is 0 Å². The molecule has 5 N–H and O–H groups in total. The van der Waals surface area contributed by atoms with Gasteiger partial charge in [0.05, 0.1) is 21.5 Å². The Bertz CT molecular complexity index is 1230. The van der Waals surface area contributed by atoms with Gasteiger partial charge < -0.3 is 21.3 Å². The first kappa shape index (κ1) is 25.4. The molecule has 3 aromatic rings. The van der Waals surface area contributed by atoms with Crippen molar-refractivity contribution in [1.29, 1.82) is 0 Å². The van der Waals surface area contributed by atoms with Gasteiger partial charge in [-0.1, -0.05) is 31.5 Å². The number of rotatable bonds is 11. The molecular formula is C25H29N3O5S. The zero-order valence-electron chi connectivity index (χ0n) is 18.9. The fourth-order valence-corrected chi connectivity index (χ4v) is 4.94. The van der Waals surface area contributed by atoms with Crippen LogP contribution < -0.4 is 11.1 Å². The molecule has 8 nitrogen and oxygen atoms in total. The summed E-state index contributed by atoms with van der Waals surface area (Å²) < 4.78 is 26.4. The SMILES string of the molecule is CCCc1cc(S(=O)(=O)c2ccc(CCNC[C@H](O)c3cccnc3)cc2)cc(C(N)=O)c1O. The van der Waals surface area contributed by atoms with Crippen molar-refractivity contribution in [3.8, 4) is 5.75 Å². The van der Waals surface area contributed by atoms with Crippen LogP contribution in [-0.4, -0.2) is 42.6 Å². The van der Waals surface area contributed by atoms with E-state index in [1.807, 2.05) is 13.0 Å². The van der Waals surface area contributed by atoms with E-state index < -0.39 is 21.8 Å². The van der Waals surface area contributed by atoms with Crippen molar-refractivity contribution in [2.75, 3.05) is 13.1 Å². The number of pyridine rings is 1. The molecule has 1 heterocycles. The molecule has 0 unspecified atom stereocenters. The lowest BCUT2D eigenvalue weighted by Gasteiger charge is -2.13. The average Bonchev–Trinajstić information content (AvgIpc) is 2.83. The molecule has 3 rings (SSSR count). The second kappa shape index (κ2) is 11.2. The Balaban J connectivity index is 1.68. The molecule has 0 saturated heterocycles. The van der Waals surface area contributed by atoms with Gasteiger partial charge in [-0.05, 0) is 60.8 Å². The van der Waals surface area contributed by atoms with Crippen LogP contribution in [-0.2, 0) is 22.7 Å². The number of hydrogen-bond donors (Lipinski definition) is 4. The maximum absolute atomic E-state index is 13.2. The quantitative estimate of drug-likeness (QED) is 0.307. The highest BCUT2D eigenvalue weighted by molar-refractivity contribution is 7.91. The molecule has 0 aliphatic rings. The first-order chi connectivity index (χ1) is 16.2. The van der Waals surface area contributed by atoms with Crippen LogP contribution in [0.5, 0.6) is 5.75 Å². The van der Waals surface area contributed by atoms with E-state index in [1.165, 1.54) is 18.2 Å². The molecule has 0 saturated carbocycles. The fraction of sp³-hybridized carbons (Fsp3) is 0.280. The Hall–Kier alpha value is -3.27. The van der Waals surface area contributed by atoms with Crippen LogP contribution in [0.25, 0.3) is 0 Å². The van der Waals surface area contributed by atoms with Gasteiger partial charge >= 0.3 is 0 Å². The summed E-state index contributed by atoms with van der Waals surface area (Å²) in [5.74, 6) is -1.16. The number of nitrogens with zero attached hydrogens (tertiary/aromatic N) is 1. The van der Waals surface area contributed by atoms with E-state index in [2.05, 4.69) is 10.3 Å². The molecule has 0 aliphatic carbocycles. The van der Waals surface area contributed by atoms with Gasteiger partial charge in [0, 0.05) is 24.5 Å². The van der Waals surface area contributed by atoms with Crippen molar-refractivity contribution in [2.45, 2.75) is 42.1 Å². The highest BCUT2D eigenvalue weighted by Crippen LogP contribution is 2.31. The normalized spacial score (nSPS) is 12.4. The number of sulfone groups is 1. The second-order valence-corrected chi connectivity index (χ2v) is 9.95. The molecule has 34 heavy (non-hydrogen) atoms. The number of primary amides is 1. The number of aliphatic hydroxyl groups is 1. The molecule has 1 aromatic heterocycles. The molecule has 1 atom stereocenters. The predicted octanol–water partition coefficient (Wildman–Crippen LogP) is 2.54. The monoisotopic (exact) mass is 483 g/mol. The van der Waals surface area contributed by atoms with Crippen molar-refractivity contribution in [3.05, 3.63) is 83.2 Å². The lowest BCUT2D eigenvalue weighted by Crippen LogP contribution is -2.23. The van der Waals surface area contributed by atoms with E-state index in [0.29, 0.717) is 37.9 Å². The Morgan fingerprint density at radius 3 is 2.47 bits per heavy atom. The number of hydrogen-bond acceptors (Lipinski definition) is 7. The van der Waals surface area contributed by atoms with E-state index in [9.17, 15) is 23.4 Å². The number of aryl methyl sites for hydroxylation is 1. The minimum absolute atomic E-state index is 0.0821. The molecule has 0 fully saturated rings. The van der Waals surface area contributed by atoms with Gasteiger partial charge in [0.2, 0.25) is 9.84 Å². The number of aromatic nitrogens is 1. The zero-order chi connectivity index (χ0) is 24.7. The summed E-state index contributed by atoms with van der Waals surface area (Å²) in [5.41, 5.74) is 7.17. The van der Waals surface area contributed by atoms with Crippen LogP contribution in [0.2, 0.25) is 0 Å². The summed E-state index contributed by atoms with van der Waals surface area (Å²) >= 11 is 0. The number of carbonyl (C=O) groups is 1. The number of nitrogens with two attached hydrogens (primary N) is 1. The first-order valence-corrected chi connectivity index (χ1v) is 12.5. The van der Waals surface area contributed by atoms with E-state index in [-0.39, 0.29) is 21.1 Å². The zero-order valence-corrected chi connectivity index (χ0v) is 19.8. The summed E-state index contributed by atoms with van der Waals surface area (Å²) in [4.78, 5) is 15.7. The van der Waals surface area contributed by atoms with Crippen LogP contribution >= 0.6 is 0 Å². The number of aliphatic hydroxyl groups excluding tert-OH is 1. The van der Waals surface area contributed by atoms with Crippen LogP contribution in [0.4, 0.5) is 0 Å². The number of nitrogens with one attached hydrogen (secondary N) is 1. The Labute approximate surface area is 199 Å². The highest BCUT2D eigenvalue weighted by Gasteiger charge is 2.23. The van der Waals surface area contributed by atoms with Crippen molar-refractivity contribution in [2.24, 2.45) is 5.73 Å². The van der Waals surface area contributed by atoms with E-state index in [0.717, 1.165) is 17.2 Å². The molecule has 9 heteroatoms. The topological polar surface area (TPSA) is 143 Å². The lowest BCUT2D eigenvalue weighted by molar-refractivity contribution is 0.0997. The van der Waals surface area contributed by atoms with Gasteiger partial charge in [0.1, 0.15) is 5.75 Å². The van der Waals surface area contributed by atoms with Crippen molar-refractivity contribution in [1.82, 2.24) is 10.3 Å². The number of amides is 1. The smallest absolute Gasteiger partial charge is 0.252 e. The number of aromatic hydroxyl groups is 1. The standard InChI is InChI=1S/C25H29N3O5S/c1-2-4-18-13-21(14-22(24(18)30)25(26)31)34(32,33)20-8-6-17(7-9-20)10-12-28-16-23(29)19-5-3-11-27-15-19/h3,5-9,11,13-15,23,28-30H,2,4,10,12,16H2,1H3,(H2,26,31)/t23-/m0/s1. The molecule has 0 spiro atoms. The third-order valence-corrected chi connectivity index (χ3v) is 7.24. The third-order valence-electron chi connectivity index (χ3n) is 5.49. The molecule has 1 amide bonds. The largest absolute Gasteiger partial charge is 0.507 e. The molecule has 0 aliphatic heterocycles. The molecule has 0 radical (unpaired) electrons. The number of benzene rings is 2. The second-order valence-electron chi connectivity index (χ2n) is 8.00. The lowest BCUT2D eigenvalue weighted by atomic mass is 10.0. The van der Waals surface area contributed by atoms with Gasteiger partial charge in [-0.25, -0.2) is 8.42 Å². The summed E-state index contributed by atoms with van der Waals surface area (Å²) in [7, 11) is -3.91. The Morgan fingerprint density at radius 1 is 1.12 bits per heavy atom. The van der Waals surface area contributed by atoms with E-state index >= 15 is 0 Å². The van der Waals surface area contributed by atoms with Crippen molar-refractivity contribution >= 4 is 15.7 Å². The Morgan fingerprint density at radius 2 is 1.85 bits per heavy atom. The summed E-state index contributed by atoms with van der Waals surface area (Å²) in [6.07, 6.45) is 4.34. The summed E-state index contributed by atoms with van der Waals surface area (Å²) in [5, 5.41) is 23.6. The van der Waals surface area contributed by atoms with Crippen molar-refractivity contribution in [3.63, 3.8) is 0 Å². The Kier molecular flexibility index (Phi) is 8.38. The minimum atomic E-state index is -3.91. The summed E-state index contributed by atoms with van der Waals surface area (Å²) in [6.45, 7) is 2.86. The van der Waals surface area contributed by atoms with Gasteiger partial charge in [-0.2, -0.15) is 0 Å². The van der Waals surface area contributed by atoms with Gasteiger partial charge in [0.25, 0.3) is 5.91 Å². The predicted molar refractivity (Wildman–Crippen MR) is 128 cm³/mol. The molecule has 0 bridgehead atoms. The average molecular weight is 484 g/mol. The van der Waals surface area contributed by atoms with E-state index in [1.54, 1.807) is 30.6 Å². The highest BCUT2D eigenvalue weighted by atomic mass is 32.2. The van der Waals surface area contributed by atoms with Gasteiger partial charge in [-0.3, -0.25) is 9.78 Å². The van der Waals surface area contributed by atoms with E-state index in [4.69, 9.17) is 5.73 Å². The molecule has 180 valence electrons. The summed E-state index contributed by atoms with van der Waals surface area (Å²) in [6, 6.07) is 12.6. The fourth-order valence-electron chi connectivity index (χ4n) is 3.60. The maximum Gasteiger partial charge on any atom is 0.252 e. The van der Waals surface area contributed by atoms with Crippen LogP contribution in [0, 0.1) is 0 Å². The van der Waals surface area contributed by atoms with Crippen LogP contribution in [0.15, 0.2) is 70.7 Å². The molecule has 2 aromatic carbocycles. The van der Waals surface area contributed by atoms with Gasteiger partial charge in [-0.15, -0.1) is 0 Å². The third kappa shape index (κ3) is 5.99. The van der Waals surface area contributed by atoms with Crippen LogP contribution in [0.1, 0.15) is 46.5 Å².